The Morgan fingerprint density at radius 1 is 1.32 bits per heavy atom. The summed E-state index contributed by atoms with van der Waals surface area (Å²) in [6, 6.07) is 5.30. The van der Waals surface area contributed by atoms with E-state index in [1.54, 1.807) is 32.4 Å². The first-order valence-corrected chi connectivity index (χ1v) is 8.07. The number of methoxy groups -OCH3 is 2. The Kier molecular flexibility index (Phi) is 5.33. The van der Waals surface area contributed by atoms with Gasteiger partial charge in [0.25, 0.3) is 5.89 Å². The van der Waals surface area contributed by atoms with Crippen LogP contribution in [0.1, 0.15) is 25.2 Å². The molecule has 7 nitrogen and oxygen atoms in total. The Labute approximate surface area is 145 Å². The fourth-order valence-corrected chi connectivity index (χ4v) is 2.69. The largest absolute Gasteiger partial charge is 0.497 e. The Morgan fingerprint density at radius 2 is 2.20 bits per heavy atom. The zero-order valence-corrected chi connectivity index (χ0v) is 14.2. The lowest BCUT2D eigenvalue weighted by atomic mass is 10.1. The van der Waals surface area contributed by atoms with Gasteiger partial charge < -0.3 is 18.7 Å². The van der Waals surface area contributed by atoms with Crippen LogP contribution in [0.4, 0.5) is 0 Å². The van der Waals surface area contributed by atoms with E-state index in [4.69, 9.17) is 18.7 Å². The third kappa shape index (κ3) is 4.17. The van der Waals surface area contributed by atoms with Crippen LogP contribution in [0.25, 0.3) is 11.4 Å². The molecule has 1 heterocycles. The Hall–Kier alpha value is -2.83. The number of esters is 1. The van der Waals surface area contributed by atoms with Crippen molar-refractivity contribution in [2.24, 2.45) is 5.92 Å². The number of carbonyl (C=O) groups excluding carboxylic acids is 1. The highest BCUT2D eigenvalue weighted by Gasteiger charge is 2.18. The average molecular weight is 344 g/mol. The second kappa shape index (κ2) is 7.83. The lowest BCUT2D eigenvalue weighted by Crippen LogP contribution is -2.09. The molecule has 0 aliphatic heterocycles. The molecule has 25 heavy (non-hydrogen) atoms. The molecule has 3 rings (SSSR count). The topological polar surface area (TPSA) is 83.7 Å². The van der Waals surface area contributed by atoms with Gasteiger partial charge in [-0.3, -0.25) is 4.79 Å². The second-order valence-electron chi connectivity index (χ2n) is 5.71. The summed E-state index contributed by atoms with van der Waals surface area (Å²) in [5, 5.41) is 3.92. The summed E-state index contributed by atoms with van der Waals surface area (Å²) in [6.45, 7) is -0.0409. The van der Waals surface area contributed by atoms with Gasteiger partial charge in [0.1, 0.15) is 11.5 Å². The molecule has 0 spiro atoms. The van der Waals surface area contributed by atoms with Gasteiger partial charge in [-0.1, -0.05) is 17.3 Å². The molecule has 1 aromatic carbocycles. The minimum Gasteiger partial charge on any atom is -0.497 e. The average Bonchev–Trinajstić information content (AvgIpc) is 3.31. The lowest BCUT2D eigenvalue weighted by Gasteiger charge is -2.07. The van der Waals surface area contributed by atoms with Crippen molar-refractivity contribution in [3.05, 3.63) is 36.2 Å². The number of hydrogen-bond acceptors (Lipinski definition) is 7. The summed E-state index contributed by atoms with van der Waals surface area (Å²) < 4.78 is 20.9. The number of aromatic nitrogens is 2. The number of carbonyl (C=O) groups is 1. The maximum atomic E-state index is 11.8. The van der Waals surface area contributed by atoms with Crippen molar-refractivity contribution in [2.75, 3.05) is 14.2 Å². The molecule has 0 bridgehead atoms. The molecule has 0 fully saturated rings. The number of benzene rings is 1. The van der Waals surface area contributed by atoms with Crippen LogP contribution in [0, 0.1) is 5.92 Å². The minimum absolute atomic E-state index is 0.0409. The Morgan fingerprint density at radius 3 is 2.92 bits per heavy atom. The van der Waals surface area contributed by atoms with E-state index in [1.807, 2.05) is 0 Å². The molecule has 7 heteroatoms. The zero-order chi connectivity index (χ0) is 17.6. The van der Waals surface area contributed by atoms with Gasteiger partial charge in [0.2, 0.25) is 5.82 Å². The van der Waals surface area contributed by atoms with Crippen LogP contribution < -0.4 is 9.47 Å². The van der Waals surface area contributed by atoms with Gasteiger partial charge >= 0.3 is 5.97 Å². The fraction of sp³-hybridized carbons (Fsp3) is 0.389. The van der Waals surface area contributed by atoms with Crippen LogP contribution in [0.3, 0.4) is 0 Å². The van der Waals surface area contributed by atoms with Crippen molar-refractivity contribution in [3.8, 4) is 22.9 Å². The van der Waals surface area contributed by atoms with E-state index in [2.05, 4.69) is 22.3 Å². The highest BCUT2D eigenvalue weighted by Crippen LogP contribution is 2.31. The molecule has 0 N–H and O–H groups in total. The summed E-state index contributed by atoms with van der Waals surface area (Å²) in [4.78, 5) is 16.1. The number of hydrogen-bond donors (Lipinski definition) is 0. The fourth-order valence-electron chi connectivity index (χ4n) is 2.69. The van der Waals surface area contributed by atoms with E-state index in [-0.39, 0.29) is 24.4 Å². The molecule has 2 aromatic rings. The van der Waals surface area contributed by atoms with Crippen LogP contribution in [0.5, 0.6) is 11.5 Å². The third-order valence-electron chi connectivity index (χ3n) is 4.02. The van der Waals surface area contributed by atoms with E-state index >= 15 is 0 Å². The molecule has 1 aliphatic rings. The smallest absolute Gasteiger partial charge is 0.306 e. The summed E-state index contributed by atoms with van der Waals surface area (Å²) in [6.07, 6.45) is 6.54. The highest BCUT2D eigenvalue weighted by atomic mass is 16.6. The van der Waals surface area contributed by atoms with Crippen molar-refractivity contribution in [1.29, 1.82) is 0 Å². The number of nitrogens with zero attached hydrogens (tertiary/aromatic N) is 2. The number of allylic oxidation sites excluding steroid dienone is 2. The maximum Gasteiger partial charge on any atom is 0.306 e. The van der Waals surface area contributed by atoms with Crippen molar-refractivity contribution < 1.29 is 23.5 Å². The highest BCUT2D eigenvalue weighted by molar-refractivity contribution is 5.70. The van der Waals surface area contributed by atoms with Crippen LogP contribution >= 0.6 is 0 Å². The zero-order valence-electron chi connectivity index (χ0n) is 14.2. The lowest BCUT2D eigenvalue weighted by molar-refractivity contribution is -0.146. The van der Waals surface area contributed by atoms with E-state index in [0.29, 0.717) is 29.3 Å². The molecule has 0 amide bonds. The van der Waals surface area contributed by atoms with E-state index in [9.17, 15) is 4.79 Å². The molecular weight excluding hydrogens is 324 g/mol. The van der Waals surface area contributed by atoms with Crippen LogP contribution in [0.15, 0.2) is 34.9 Å². The van der Waals surface area contributed by atoms with Gasteiger partial charge in [-0.25, -0.2) is 0 Å². The first-order chi connectivity index (χ1) is 12.2. The van der Waals surface area contributed by atoms with E-state index in [1.165, 1.54) is 0 Å². The first kappa shape index (κ1) is 17.0. The van der Waals surface area contributed by atoms with Gasteiger partial charge in [-0.15, -0.1) is 0 Å². The number of ether oxygens (including phenoxy) is 3. The summed E-state index contributed by atoms with van der Waals surface area (Å²) in [5.41, 5.74) is 0.667. The normalized spacial score (nSPS) is 16.0. The number of rotatable bonds is 7. The molecule has 1 aliphatic carbocycles. The molecule has 0 unspecified atom stereocenters. The molecule has 1 atom stereocenters. The van der Waals surface area contributed by atoms with Crippen molar-refractivity contribution in [3.63, 3.8) is 0 Å². The molecule has 0 radical (unpaired) electrons. The van der Waals surface area contributed by atoms with Gasteiger partial charge in [-0.2, -0.15) is 4.98 Å². The van der Waals surface area contributed by atoms with Crippen LogP contribution in [-0.4, -0.2) is 30.3 Å². The van der Waals surface area contributed by atoms with Gasteiger partial charge in [-0.05, 0) is 30.9 Å². The summed E-state index contributed by atoms with van der Waals surface area (Å²) in [5.74, 6) is 1.84. The SMILES string of the molecule is COc1ccc(-c2noc(COC(=O)C[C@H]3C=CCC3)n2)c(OC)c1. The Balaban J connectivity index is 1.62. The van der Waals surface area contributed by atoms with Crippen molar-refractivity contribution >= 4 is 5.97 Å². The van der Waals surface area contributed by atoms with Crippen LogP contribution in [0.2, 0.25) is 0 Å². The monoisotopic (exact) mass is 344 g/mol. The van der Waals surface area contributed by atoms with Crippen molar-refractivity contribution in [1.82, 2.24) is 10.1 Å². The van der Waals surface area contributed by atoms with E-state index in [0.717, 1.165) is 12.8 Å². The molecule has 0 saturated heterocycles. The predicted octanol–water partition coefficient (Wildman–Crippen LogP) is 3.15. The predicted molar refractivity (Wildman–Crippen MR) is 89.1 cm³/mol. The van der Waals surface area contributed by atoms with Crippen molar-refractivity contribution in [2.45, 2.75) is 25.9 Å². The molecular formula is C18H20N2O5. The quantitative estimate of drug-likeness (QED) is 0.563. The van der Waals surface area contributed by atoms with Crippen LogP contribution in [-0.2, 0) is 16.1 Å². The van der Waals surface area contributed by atoms with Gasteiger partial charge in [0.15, 0.2) is 6.61 Å². The maximum absolute atomic E-state index is 11.8. The standard InChI is InChI=1S/C18H20N2O5/c1-22-13-7-8-14(15(10-13)23-2)18-19-16(25-20-18)11-24-17(21)9-12-5-3-4-6-12/h3,5,7-8,10,12H,4,6,9,11H2,1-2H3/t12-/m0/s1. The van der Waals surface area contributed by atoms with E-state index < -0.39 is 0 Å². The second-order valence-corrected chi connectivity index (χ2v) is 5.71. The summed E-state index contributed by atoms with van der Waals surface area (Å²) in [7, 11) is 3.13. The van der Waals surface area contributed by atoms with Gasteiger partial charge in [0.05, 0.1) is 26.2 Å². The molecule has 132 valence electrons. The Bertz CT molecular complexity index is 769. The summed E-state index contributed by atoms with van der Waals surface area (Å²) >= 11 is 0. The minimum atomic E-state index is -0.265. The molecule has 0 saturated carbocycles. The third-order valence-corrected chi connectivity index (χ3v) is 4.02. The van der Waals surface area contributed by atoms with Gasteiger partial charge in [0, 0.05) is 6.07 Å². The molecule has 1 aromatic heterocycles. The first-order valence-electron chi connectivity index (χ1n) is 8.07.